The molecule has 1 saturated heterocycles. The summed E-state index contributed by atoms with van der Waals surface area (Å²) in [5, 5.41) is 0.161. The van der Waals surface area contributed by atoms with E-state index in [2.05, 4.69) is 0 Å². The molecule has 0 aromatic heterocycles. The Labute approximate surface area is 165 Å². The Morgan fingerprint density at radius 3 is 2.19 bits per heavy atom. The van der Waals surface area contributed by atoms with E-state index >= 15 is 0 Å². The second kappa shape index (κ2) is 7.59. The zero-order chi connectivity index (χ0) is 18.9. The van der Waals surface area contributed by atoms with E-state index in [0.29, 0.717) is 19.5 Å². The van der Waals surface area contributed by atoms with Crippen molar-refractivity contribution in [1.29, 1.82) is 0 Å². The third-order valence-electron chi connectivity index (χ3n) is 4.99. The Morgan fingerprint density at radius 1 is 1.00 bits per heavy atom. The van der Waals surface area contributed by atoms with E-state index in [9.17, 15) is 13.2 Å². The van der Waals surface area contributed by atoms with Crippen LogP contribution in [-0.2, 0) is 11.8 Å². The van der Waals surface area contributed by atoms with E-state index in [1.54, 1.807) is 0 Å². The molecule has 2 aromatic carbocycles. The predicted molar refractivity (Wildman–Crippen MR) is 100 cm³/mol. The van der Waals surface area contributed by atoms with Crippen LogP contribution in [0.25, 0.3) is 0 Å². The third-order valence-corrected chi connectivity index (χ3v) is 6.18. The lowest BCUT2D eigenvalue weighted by Crippen LogP contribution is -2.45. The Bertz CT molecular complexity index is 756. The standard InChI is InChI=1S/C19H17Cl3F3N/c20-15-10-14(11-16(21)17(15)22)18(19(23,24)25)7-9-26(12-18)8-6-13-4-2-1-3-5-13/h1-5,10-11H,6-9,12H2. The lowest BCUT2D eigenvalue weighted by molar-refractivity contribution is -0.187. The van der Waals surface area contributed by atoms with Gasteiger partial charge in [0.15, 0.2) is 0 Å². The van der Waals surface area contributed by atoms with Crippen LogP contribution >= 0.6 is 34.8 Å². The van der Waals surface area contributed by atoms with Crippen LogP contribution in [0.2, 0.25) is 15.1 Å². The Hall–Kier alpha value is -0.940. The number of benzene rings is 2. The van der Waals surface area contributed by atoms with Gasteiger partial charge in [-0.15, -0.1) is 0 Å². The van der Waals surface area contributed by atoms with Gasteiger partial charge in [0.25, 0.3) is 0 Å². The Morgan fingerprint density at radius 2 is 1.62 bits per heavy atom. The molecule has 1 aliphatic rings. The molecular formula is C19H17Cl3F3N. The van der Waals surface area contributed by atoms with Gasteiger partial charge in [-0.25, -0.2) is 0 Å². The molecule has 2 aromatic rings. The number of rotatable bonds is 4. The largest absolute Gasteiger partial charge is 0.399 e. The minimum atomic E-state index is -4.41. The highest BCUT2D eigenvalue weighted by atomic mass is 35.5. The lowest BCUT2D eigenvalue weighted by Gasteiger charge is -2.33. The molecule has 1 nitrogen and oxygen atoms in total. The van der Waals surface area contributed by atoms with E-state index in [1.807, 2.05) is 35.2 Å². The summed E-state index contributed by atoms with van der Waals surface area (Å²) in [5.41, 5.74) is -0.803. The van der Waals surface area contributed by atoms with Crippen LogP contribution in [0.15, 0.2) is 42.5 Å². The fourth-order valence-electron chi connectivity index (χ4n) is 3.47. The van der Waals surface area contributed by atoms with Gasteiger partial charge in [-0.3, -0.25) is 0 Å². The second-order valence-corrected chi connectivity index (χ2v) is 7.79. The molecule has 7 heteroatoms. The maximum Gasteiger partial charge on any atom is 0.399 e. The minimum Gasteiger partial charge on any atom is -0.302 e. The number of hydrogen-bond donors (Lipinski definition) is 0. The molecule has 140 valence electrons. The molecule has 3 rings (SSSR count). The van der Waals surface area contributed by atoms with Gasteiger partial charge in [0.2, 0.25) is 0 Å². The summed E-state index contributed by atoms with van der Waals surface area (Å²) >= 11 is 17.9. The summed E-state index contributed by atoms with van der Waals surface area (Å²) in [5.74, 6) is 0. The van der Waals surface area contributed by atoms with Crippen molar-refractivity contribution in [2.75, 3.05) is 19.6 Å². The van der Waals surface area contributed by atoms with Crippen molar-refractivity contribution < 1.29 is 13.2 Å². The molecule has 1 heterocycles. The SMILES string of the molecule is FC(F)(F)C1(c2cc(Cl)c(Cl)c(Cl)c2)CCN(CCc2ccccc2)C1. The first-order chi connectivity index (χ1) is 12.2. The monoisotopic (exact) mass is 421 g/mol. The van der Waals surface area contributed by atoms with Gasteiger partial charge in [-0.2, -0.15) is 13.2 Å². The molecule has 0 spiro atoms. The second-order valence-electron chi connectivity index (χ2n) is 6.60. The maximum atomic E-state index is 14.1. The van der Waals surface area contributed by atoms with Crippen LogP contribution in [0.4, 0.5) is 13.2 Å². The molecule has 0 aliphatic carbocycles. The van der Waals surface area contributed by atoms with Crippen LogP contribution in [-0.4, -0.2) is 30.7 Å². The average molecular weight is 423 g/mol. The van der Waals surface area contributed by atoms with Gasteiger partial charge in [-0.05, 0) is 42.6 Å². The van der Waals surface area contributed by atoms with Gasteiger partial charge in [-0.1, -0.05) is 65.1 Å². The molecule has 26 heavy (non-hydrogen) atoms. The third kappa shape index (κ3) is 3.84. The fraction of sp³-hybridized carbons (Fsp3) is 0.368. The van der Waals surface area contributed by atoms with Crippen LogP contribution in [0, 0.1) is 0 Å². The van der Waals surface area contributed by atoms with Gasteiger partial charge >= 0.3 is 6.18 Å². The molecule has 0 radical (unpaired) electrons. The molecule has 0 amide bonds. The maximum absolute atomic E-state index is 14.1. The highest BCUT2D eigenvalue weighted by Gasteiger charge is 2.59. The zero-order valence-electron chi connectivity index (χ0n) is 13.8. The van der Waals surface area contributed by atoms with E-state index in [1.165, 1.54) is 12.1 Å². The van der Waals surface area contributed by atoms with Gasteiger partial charge in [0.1, 0.15) is 5.41 Å². The van der Waals surface area contributed by atoms with E-state index in [0.717, 1.165) is 5.56 Å². The molecule has 0 bridgehead atoms. The Balaban J connectivity index is 1.84. The van der Waals surface area contributed by atoms with Crippen molar-refractivity contribution in [3.05, 3.63) is 68.7 Å². The van der Waals surface area contributed by atoms with Crippen molar-refractivity contribution >= 4 is 34.8 Å². The highest BCUT2D eigenvalue weighted by Crippen LogP contribution is 2.49. The summed E-state index contributed by atoms with van der Waals surface area (Å²) in [6, 6.07) is 12.3. The van der Waals surface area contributed by atoms with E-state index in [-0.39, 0.29) is 33.6 Å². The predicted octanol–water partition coefficient (Wildman–Crippen LogP) is 6.40. The molecule has 0 N–H and O–H groups in total. The number of alkyl halides is 3. The lowest BCUT2D eigenvalue weighted by atomic mass is 9.79. The van der Waals surface area contributed by atoms with Crippen LogP contribution in [0.5, 0.6) is 0 Å². The molecule has 1 fully saturated rings. The van der Waals surface area contributed by atoms with Gasteiger partial charge in [0, 0.05) is 13.1 Å². The summed E-state index contributed by atoms with van der Waals surface area (Å²) in [4.78, 5) is 1.84. The summed E-state index contributed by atoms with van der Waals surface area (Å²) < 4.78 is 42.2. The smallest absolute Gasteiger partial charge is 0.302 e. The molecular weight excluding hydrogens is 406 g/mol. The van der Waals surface area contributed by atoms with Crippen molar-refractivity contribution in [2.45, 2.75) is 24.4 Å². The van der Waals surface area contributed by atoms with Crippen molar-refractivity contribution in [1.82, 2.24) is 4.90 Å². The fourth-order valence-corrected chi connectivity index (χ4v) is 4.07. The quantitative estimate of drug-likeness (QED) is 0.516. The minimum absolute atomic E-state index is 0.0282. The first-order valence-electron chi connectivity index (χ1n) is 8.21. The molecule has 1 atom stereocenters. The Kier molecular flexibility index (Phi) is 5.78. The number of likely N-dealkylation sites (tertiary alicyclic amines) is 1. The van der Waals surface area contributed by atoms with Crippen LogP contribution < -0.4 is 0 Å². The molecule has 1 unspecified atom stereocenters. The molecule has 1 aliphatic heterocycles. The first-order valence-corrected chi connectivity index (χ1v) is 9.34. The van der Waals surface area contributed by atoms with Crippen molar-refractivity contribution in [3.63, 3.8) is 0 Å². The molecule has 0 saturated carbocycles. The van der Waals surface area contributed by atoms with Gasteiger partial charge < -0.3 is 4.90 Å². The highest BCUT2D eigenvalue weighted by molar-refractivity contribution is 6.48. The average Bonchev–Trinajstić information content (AvgIpc) is 3.04. The summed E-state index contributed by atoms with van der Waals surface area (Å²) in [7, 11) is 0. The topological polar surface area (TPSA) is 3.24 Å². The van der Waals surface area contributed by atoms with Crippen LogP contribution in [0.3, 0.4) is 0 Å². The summed E-state index contributed by atoms with van der Waals surface area (Å²) in [6.45, 7) is 0.818. The number of hydrogen-bond acceptors (Lipinski definition) is 1. The summed E-state index contributed by atoms with van der Waals surface area (Å²) in [6.07, 6.45) is -3.73. The van der Waals surface area contributed by atoms with Gasteiger partial charge in [0.05, 0.1) is 15.1 Å². The van der Waals surface area contributed by atoms with E-state index < -0.39 is 11.6 Å². The normalized spacial score (nSPS) is 21.3. The van der Waals surface area contributed by atoms with Crippen LogP contribution in [0.1, 0.15) is 17.5 Å². The zero-order valence-corrected chi connectivity index (χ0v) is 16.1. The first kappa shape index (κ1) is 19.8. The number of halogens is 6. The van der Waals surface area contributed by atoms with Crippen molar-refractivity contribution in [3.8, 4) is 0 Å². The number of nitrogens with zero attached hydrogens (tertiary/aromatic N) is 1. The van der Waals surface area contributed by atoms with E-state index in [4.69, 9.17) is 34.8 Å². The van der Waals surface area contributed by atoms with Crippen molar-refractivity contribution in [2.24, 2.45) is 0 Å².